The maximum absolute atomic E-state index is 12.3. The summed E-state index contributed by atoms with van der Waals surface area (Å²) in [4.78, 5) is 18.2. The molecule has 98 valence electrons. The summed E-state index contributed by atoms with van der Waals surface area (Å²) in [6.07, 6.45) is 4.57. The van der Waals surface area contributed by atoms with Crippen molar-refractivity contribution in [3.63, 3.8) is 0 Å². The number of hydrogen-bond donors (Lipinski definition) is 2. The molecule has 1 aromatic heterocycles. The number of carbonyl (C=O) groups excluding carboxylic acids is 1. The number of amides is 1. The largest absolute Gasteiger partial charge is 0.336 e. The Morgan fingerprint density at radius 1 is 1.33 bits per heavy atom. The van der Waals surface area contributed by atoms with E-state index in [0.717, 1.165) is 12.8 Å². The number of H-pyrrole nitrogens is 1. The number of nitrogens with one attached hydrogen (secondary N) is 2. The minimum atomic E-state index is -0.0781. The second-order valence-corrected chi connectivity index (χ2v) is 5.42. The van der Waals surface area contributed by atoms with Crippen LogP contribution in [-0.4, -0.2) is 51.2 Å². The Bertz CT molecular complexity index is 445. The molecule has 2 fully saturated rings. The molecule has 18 heavy (non-hydrogen) atoms. The summed E-state index contributed by atoms with van der Waals surface area (Å²) < 4.78 is 0. The molecule has 2 aliphatic rings. The average Bonchev–Trinajstić information content (AvgIpc) is 2.94. The molecule has 2 aliphatic heterocycles. The predicted molar refractivity (Wildman–Crippen MR) is 66.2 cm³/mol. The molecule has 2 bridgehead atoms. The Kier molecular flexibility index (Phi) is 2.81. The lowest BCUT2D eigenvalue weighted by molar-refractivity contribution is 0.0669. The van der Waals surface area contributed by atoms with Crippen LogP contribution in [0.2, 0.25) is 0 Å². The highest BCUT2D eigenvalue weighted by Gasteiger charge is 2.37. The zero-order chi connectivity index (χ0) is 12.7. The molecule has 0 saturated carbocycles. The van der Waals surface area contributed by atoms with Crippen LogP contribution < -0.4 is 5.32 Å². The van der Waals surface area contributed by atoms with Crippen LogP contribution in [0.3, 0.4) is 0 Å². The van der Waals surface area contributed by atoms with E-state index in [0.29, 0.717) is 23.9 Å². The molecule has 3 heterocycles. The number of aromatic nitrogens is 3. The summed E-state index contributed by atoms with van der Waals surface area (Å²) in [5, 5.41) is 10.2. The number of nitrogens with zero attached hydrogens (tertiary/aromatic N) is 3. The van der Waals surface area contributed by atoms with Crippen LogP contribution in [0.1, 0.15) is 42.1 Å². The summed E-state index contributed by atoms with van der Waals surface area (Å²) in [6.45, 7) is 1.80. The third kappa shape index (κ3) is 2.01. The van der Waals surface area contributed by atoms with Crippen LogP contribution in [0.5, 0.6) is 0 Å². The third-order valence-electron chi connectivity index (χ3n) is 4.10. The van der Waals surface area contributed by atoms with E-state index in [1.807, 2.05) is 11.9 Å². The second-order valence-electron chi connectivity index (χ2n) is 5.42. The molecule has 0 spiro atoms. The highest BCUT2D eigenvalue weighted by Crippen LogP contribution is 2.29. The van der Waals surface area contributed by atoms with Gasteiger partial charge in [-0.25, -0.2) is 4.98 Å². The number of aromatic amines is 1. The van der Waals surface area contributed by atoms with Crippen molar-refractivity contribution < 1.29 is 4.79 Å². The highest BCUT2D eigenvalue weighted by atomic mass is 16.2. The highest BCUT2D eigenvalue weighted by molar-refractivity contribution is 5.90. The third-order valence-corrected chi connectivity index (χ3v) is 4.10. The van der Waals surface area contributed by atoms with Crippen molar-refractivity contribution in [2.75, 3.05) is 7.05 Å². The SMILES string of the molecule is Cc1nc(C(=O)N(C)C2CC3CCC(C2)N3)n[nH]1. The van der Waals surface area contributed by atoms with Gasteiger partial charge in [0.2, 0.25) is 5.82 Å². The van der Waals surface area contributed by atoms with Crippen molar-refractivity contribution in [3.8, 4) is 0 Å². The van der Waals surface area contributed by atoms with Gasteiger partial charge in [-0.2, -0.15) is 0 Å². The molecule has 2 saturated heterocycles. The van der Waals surface area contributed by atoms with E-state index < -0.39 is 0 Å². The van der Waals surface area contributed by atoms with Gasteiger partial charge in [-0.1, -0.05) is 0 Å². The van der Waals surface area contributed by atoms with Crippen LogP contribution in [0, 0.1) is 6.92 Å². The van der Waals surface area contributed by atoms with Gasteiger partial charge in [0.15, 0.2) is 0 Å². The van der Waals surface area contributed by atoms with Gasteiger partial charge < -0.3 is 10.2 Å². The molecule has 6 nitrogen and oxygen atoms in total. The Balaban J connectivity index is 1.70. The number of aryl methyl sites for hydroxylation is 1. The molecule has 0 aliphatic carbocycles. The second kappa shape index (κ2) is 4.35. The van der Waals surface area contributed by atoms with Crippen molar-refractivity contribution in [1.82, 2.24) is 25.4 Å². The van der Waals surface area contributed by atoms with Crippen molar-refractivity contribution in [3.05, 3.63) is 11.6 Å². The first-order valence-electron chi connectivity index (χ1n) is 6.55. The molecular weight excluding hydrogens is 230 g/mol. The van der Waals surface area contributed by atoms with Gasteiger partial charge in [-0.3, -0.25) is 9.89 Å². The predicted octanol–water partition coefficient (Wildman–Crippen LogP) is 0.468. The van der Waals surface area contributed by atoms with Gasteiger partial charge in [-0.15, -0.1) is 5.10 Å². The molecule has 0 aromatic carbocycles. The zero-order valence-electron chi connectivity index (χ0n) is 10.8. The molecule has 2 atom stereocenters. The normalized spacial score (nSPS) is 30.4. The lowest BCUT2D eigenvalue weighted by Crippen LogP contribution is -2.48. The molecule has 1 amide bonds. The van der Waals surface area contributed by atoms with E-state index in [-0.39, 0.29) is 11.7 Å². The van der Waals surface area contributed by atoms with Crippen LogP contribution >= 0.6 is 0 Å². The van der Waals surface area contributed by atoms with E-state index in [4.69, 9.17) is 0 Å². The number of piperidine rings is 1. The first kappa shape index (κ1) is 11.6. The Labute approximate surface area is 106 Å². The summed E-state index contributed by atoms with van der Waals surface area (Å²) in [6, 6.07) is 1.48. The minimum Gasteiger partial charge on any atom is -0.336 e. The number of fused-ring (bicyclic) bond motifs is 2. The monoisotopic (exact) mass is 249 g/mol. The first-order valence-corrected chi connectivity index (χ1v) is 6.55. The van der Waals surface area contributed by atoms with E-state index in [2.05, 4.69) is 20.5 Å². The molecular formula is C12H19N5O. The standard InChI is InChI=1S/C12H19N5O/c1-7-13-11(16-15-7)12(18)17(2)10-5-8-3-4-9(6-10)14-8/h8-10,14H,3-6H2,1-2H3,(H,13,15,16). The van der Waals surface area contributed by atoms with Crippen LogP contribution in [-0.2, 0) is 0 Å². The summed E-state index contributed by atoms with van der Waals surface area (Å²) in [7, 11) is 1.86. The fourth-order valence-electron chi connectivity index (χ4n) is 3.11. The zero-order valence-corrected chi connectivity index (χ0v) is 10.8. The Morgan fingerprint density at radius 3 is 2.56 bits per heavy atom. The number of carbonyl (C=O) groups is 1. The molecule has 6 heteroatoms. The van der Waals surface area contributed by atoms with Crippen molar-refractivity contribution in [1.29, 1.82) is 0 Å². The number of rotatable bonds is 2. The molecule has 1 aromatic rings. The van der Waals surface area contributed by atoms with Gasteiger partial charge in [0.25, 0.3) is 5.91 Å². The van der Waals surface area contributed by atoms with Crippen molar-refractivity contribution in [2.45, 2.75) is 50.7 Å². The molecule has 2 unspecified atom stereocenters. The van der Waals surface area contributed by atoms with E-state index in [1.165, 1.54) is 12.8 Å². The first-order chi connectivity index (χ1) is 8.63. The fourth-order valence-corrected chi connectivity index (χ4v) is 3.11. The Morgan fingerprint density at radius 2 is 2.00 bits per heavy atom. The summed E-state index contributed by atoms with van der Waals surface area (Å²) in [5.41, 5.74) is 0. The smallest absolute Gasteiger partial charge is 0.293 e. The fraction of sp³-hybridized carbons (Fsp3) is 0.750. The van der Waals surface area contributed by atoms with E-state index in [1.54, 1.807) is 6.92 Å². The topological polar surface area (TPSA) is 73.9 Å². The average molecular weight is 249 g/mol. The van der Waals surface area contributed by atoms with E-state index >= 15 is 0 Å². The van der Waals surface area contributed by atoms with Gasteiger partial charge in [0, 0.05) is 25.2 Å². The van der Waals surface area contributed by atoms with Crippen LogP contribution in [0.4, 0.5) is 0 Å². The van der Waals surface area contributed by atoms with Crippen molar-refractivity contribution >= 4 is 5.91 Å². The van der Waals surface area contributed by atoms with Gasteiger partial charge >= 0.3 is 0 Å². The van der Waals surface area contributed by atoms with Crippen molar-refractivity contribution in [2.24, 2.45) is 0 Å². The lowest BCUT2D eigenvalue weighted by Gasteiger charge is -2.35. The van der Waals surface area contributed by atoms with Gasteiger partial charge in [0.1, 0.15) is 5.82 Å². The molecule has 2 N–H and O–H groups in total. The van der Waals surface area contributed by atoms with Crippen LogP contribution in [0.15, 0.2) is 0 Å². The Hall–Kier alpha value is -1.43. The van der Waals surface area contributed by atoms with Gasteiger partial charge in [0.05, 0.1) is 0 Å². The lowest BCUT2D eigenvalue weighted by atomic mass is 9.98. The molecule has 3 rings (SSSR count). The molecule has 0 radical (unpaired) electrons. The maximum atomic E-state index is 12.3. The van der Waals surface area contributed by atoms with Gasteiger partial charge in [-0.05, 0) is 32.6 Å². The summed E-state index contributed by atoms with van der Waals surface area (Å²) in [5.74, 6) is 0.878. The quantitative estimate of drug-likeness (QED) is 0.799. The maximum Gasteiger partial charge on any atom is 0.293 e. The minimum absolute atomic E-state index is 0.0781. The van der Waals surface area contributed by atoms with E-state index in [9.17, 15) is 4.79 Å². The number of hydrogen-bond acceptors (Lipinski definition) is 4. The van der Waals surface area contributed by atoms with Crippen LogP contribution in [0.25, 0.3) is 0 Å². The summed E-state index contributed by atoms with van der Waals surface area (Å²) >= 11 is 0.